The number of carbonyl (C=O) groups is 1. The molecular formula is C24H32F3NO2. The predicted octanol–water partition coefficient (Wildman–Crippen LogP) is 5.86. The minimum Gasteiger partial charge on any atom is -0.492 e. The lowest BCUT2D eigenvalue weighted by Gasteiger charge is -2.38. The number of ether oxygens (including phenoxy) is 1. The zero-order valence-corrected chi connectivity index (χ0v) is 17.9. The number of hydrogen-bond acceptors (Lipinski definition) is 2. The molecule has 2 fully saturated rings. The van der Waals surface area contributed by atoms with Gasteiger partial charge in [0.25, 0.3) is 0 Å². The Morgan fingerprint density at radius 1 is 1.13 bits per heavy atom. The van der Waals surface area contributed by atoms with Crippen molar-refractivity contribution in [3.05, 3.63) is 29.3 Å². The summed E-state index contributed by atoms with van der Waals surface area (Å²) < 4.78 is 44.7. The van der Waals surface area contributed by atoms with Crippen molar-refractivity contribution < 1.29 is 22.7 Å². The van der Waals surface area contributed by atoms with Gasteiger partial charge in [0.15, 0.2) is 0 Å². The molecule has 3 nitrogen and oxygen atoms in total. The van der Waals surface area contributed by atoms with Crippen LogP contribution < -0.4 is 10.1 Å². The van der Waals surface area contributed by atoms with E-state index in [0.29, 0.717) is 24.3 Å². The second-order valence-electron chi connectivity index (χ2n) is 9.87. The first-order valence-corrected chi connectivity index (χ1v) is 11.3. The number of halogens is 3. The van der Waals surface area contributed by atoms with Gasteiger partial charge >= 0.3 is 6.18 Å². The third-order valence-electron chi connectivity index (χ3n) is 7.85. The monoisotopic (exact) mass is 423 g/mol. The first-order valence-electron chi connectivity index (χ1n) is 11.3. The number of benzene rings is 1. The SMILES string of the molecule is C[C@@H](C(=O)N[C@H]1CC[C@H](C)CC1)[C@H]1CC[C@]2(CC1)COc1cc(C(F)(F)F)ccc12. The second kappa shape index (κ2) is 8.08. The fraction of sp³-hybridized carbons (Fsp3) is 0.708. The molecule has 1 heterocycles. The number of amides is 1. The van der Waals surface area contributed by atoms with Crippen LogP contribution in [0, 0.1) is 17.8 Å². The van der Waals surface area contributed by atoms with E-state index in [1.165, 1.54) is 18.9 Å². The number of fused-ring (bicyclic) bond motifs is 2. The van der Waals surface area contributed by atoms with Gasteiger partial charge in [-0.05, 0) is 75.3 Å². The van der Waals surface area contributed by atoms with Gasteiger partial charge in [-0.3, -0.25) is 4.79 Å². The molecule has 6 heteroatoms. The summed E-state index contributed by atoms with van der Waals surface area (Å²) in [5, 5.41) is 3.26. The standard InChI is InChI=1S/C24H32F3NO2/c1-15-3-6-19(7-4-15)28-22(29)16(2)17-9-11-23(12-10-17)14-30-21-13-18(24(25,26)27)5-8-20(21)23/h5,8,13,15-17,19H,3-4,6-7,9-12,14H2,1-2H3,(H,28,29)/t15-,16-,17-,19-,23-/m1/s1. The van der Waals surface area contributed by atoms with Crippen molar-refractivity contribution in [2.24, 2.45) is 17.8 Å². The van der Waals surface area contributed by atoms with E-state index in [4.69, 9.17) is 4.74 Å². The molecule has 1 aliphatic heterocycles. The lowest BCUT2D eigenvalue weighted by atomic mass is 9.65. The molecule has 1 aromatic rings. The van der Waals surface area contributed by atoms with Crippen molar-refractivity contribution in [1.29, 1.82) is 0 Å². The van der Waals surface area contributed by atoms with E-state index in [0.717, 1.165) is 56.1 Å². The number of nitrogens with one attached hydrogen (secondary N) is 1. The van der Waals surface area contributed by atoms with Crippen molar-refractivity contribution >= 4 is 5.91 Å². The Morgan fingerprint density at radius 2 is 1.80 bits per heavy atom. The zero-order valence-electron chi connectivity index (χ0n) is 17.9. The molecule has 2 aliphatic carbocycles. The smallest absolute Gasteiger partial charge is 0.416 e. The van der Waals surface area contributed by atoms with Gasteiger partial charge in [0, 0.05) is 22.9 Å². The Kier molecular flexibility index (Phi) is 5.80. The van der Waals surface area contributed by atoms with E-state index >= 15 is 0 Å². The van der Waals surface area contributed by atoms with Crippen molar-refractivity contribution in [2.75, 3.05) is 6.61 Å². The van der Waals surface area contributed by atoms with Crippen LogP contribution in [-0.2, 0) is 16.4 Å². The highest BCUT2D eigenvalue weighted by atomic mass is 19.4. The van der Waals surface area contributed by atoms with Crippen LogP contribution in [0.15, 0.2) is 18.2 Å². The summed E-state index contributed by atoms with van der Waals surface area (Å²) in [6.07, 6.45) is 3.67. The summed E-state index contributed by atoms with van der Waals surface area (Å²) in [4.78, 5) is 12.8. The quantitative estimate of drug-likeness (QED) is 0.662. The molecule has 1 atom stereocenters. The van der Waals surface area contributed by atoms with E-state index in [1.807, 2.05) is 6.92 Å². The van der Waals surface area contributed by atoms with Crippen LogP contribution >= 0.6 is 0 Å². The minimum atomic E-state index is -4.36. The van der Waals surface area contributed by atoms with E-state index in [1.54, 1.807) is 6.07 Å². The highest BCUT2D eigenvalue weighted by molar-refractivity contribution is 5.79. The van der Waals surface area contributed by atoms with Gasteiger partial charge in [-0.15, -0.1) is 0 Å². The molecule has 30 heavy (non-hydrogen) atoms. The zero-order chi connectivity index (χ0) is 21.5. The molecule has 1 spiro atoms. The van der Waals surface area contributed by atoms with Crippen molar-refractivity contribution in [1.82, 2.24) is 5.32 Å². The molecule has 166 valence electrons. The van der Waals surface area contributed by atoms with Crippen LogP contribution in [0.4, 0.5) is 13.2 Å². The summed E-state index contributed by atoms with van der Waals surface area (Å²) in [5.41, 5.74) is 0.0443. The minimum absolute atomic E-state index is 0.0314. The van der Waals surface area contributed by atoms with Crippen LogP contribution in [-0.4, -0.2) is 18.6 Å². The van der Waals surface area contributed by atoms with Gasteiger partial charge < -0.3 is 10.1 Å². The predicted molar refractivity (Wildman–Crippen MR) is 109 cm³/mol. The molecule has 4 rings (SSSR count). The Labute approximate surface area is 176 Å². The van der Waals surface area contributed by atoms with Gasteiger partial charge in [0.05, 0.1) is 12.2 Å². The number of alkyl halides is 3. The number of carbonyl (C=O) groups excluding carboxylic acids is 1. The average Bonchev–Trinajstić information content (AvgIpc) is 3.07. The summed E-state index contributed by atoms with van der Waals surface area (Å²) in [7, 11) is 0. The van der Waals surface area contributed by atoms with Crippen LogP contribution in [0.5, 0.6) is 5.75 Å². The molecule has 1 N–H and O–H groups in total. The number of hydrogen-bond donors (Lipinski definition) is 1. The van der Waals surface area contributed by atoms with Crippen molar-refractivity contribution in [3.8, 4) is 5.75 Å². The fourth-order valence-electron chi connectivity index (χ4n) is 5.61. The summed E-state index contributed by atoms with van der Waals surface area (Å²) in [5.74, 6) is 1.58. The van der Waals surface area contributed by atoms with Gasteiger partial charge in [-0.25, -0.2) is 0 Å². The lowest BCUT2D eigenvalue weighted by molar-refractivity contribution is -0.137. The van der Waals surface area contributed by atoms with Gasteiger partial charge in [0.1, 0.15) is 5.75 Å². The maximum atomic E-state index is 13.0. The molecule has 0 saturated heterocycles. The van der Waals surface area contributed by atoms with Crippen LogP contribution in [0.2, 0.25) is 0 Å². The van der Waals surface area contributed by atoms with Crippen molar-refractivity contribution in [2.45, 2.75) is 82.8 Å². The van der Waals surface area contributed by atoms with E-state index in [-0.39, 0.29) is 17.2 Å². The maximum Gasteiger partial charge on any atom is 0.416 e. The molecule has 0 bridgehead atoms. The largest absolute Gasteiger partial charge is 0.492 e. The molecule has 0 aromatic heterocycles. The summed E-state index contributed by atoms with van der Waals surface area (Å²) >= 11 is 0. The average molecular weight is 424 g/mol. The van der Waals surface area contributed by atoms with Crippen LogP contribution in [0.3, 0.4) is 0 Å². The Hall–Kier alpha value is -1.72. The van der Waals surface area contributed by atoms with Crippen molar-refractivity contribution in [3.63, 3.8) is 0 Å². The van der Waals surface area contributed by atoms with Gasteiger partial charge in [0.2, 0.25) is 5.91 Å². The Morgan fingerprint density at radius 3 is 2.43 bits per heavy atom. The third-order valence-corrected chi connectivity index (χ3v) is 7.85. The fourth-order valence-corrected chi connectivity index (χ4v) is 5.61. The highest BCUT2D eigenvalue weighted by Crippen LogP contribution is 2.51. The summed E-state index contributed by atoms with van der Waals surface area (Å²) in [6.45, 7) is 4.74. The van der Waals surface area contributed by atoms with Crippen LogP contribution in [0.25, 0.3) is 0 Å². The second-order valence-corrected chi connectivity index (χ2v) is 9.87. The van der Waals surface area contributed by atoms with E-state index in [2.05, 4.69) is 12.2 Å². The summed E-state index contributed by atoms with van der Waals surface area (Å²) in [6, 6.07) is 4.22. The molecule has 2 saturated carbocycles. The molecule has 0 unspecified atom stereocenters. The third kappa shape index (κ3) is 4.19. The Bertz CT molecular complexity index is 775. The molecule has 3 aliphatic rings. The van der Waals surface area contributed by atoms with E-state index in [9.17, 15) is 18.0 Å². The molecule has 1 aromatic carbocycles. The maximum absolute atomic E-state index is 13.0. The Balaban J connectivity index is 1.36. The van der Waals surface area contributed by atoms with Crippen LogP contribution in [0.1, 0.15) is 76.3 Å². The first kappa shape index (κ1) is 21.5. The molecule has 0 radical (unpaired) electrons. The van der Waals surface area contributed by atoms with Gasteiger partial charge in [-0.2, -0.15) is 13.2 Å². The molecule has 1 amide bonds. The lowest BCUT2D eigenvalue weighted by Crippen LogP contribution is -2.43. The first-order chi connectivity index (χ1) is 14.2. The number of rotatable bonds is 3. The van der Waals surface area contributed by atoms with Gasteiger partial charge in [-0.1, -0.05) is 19.9 Å². The molecular weight excluding hydrogens is 391 g/mol. The topological polar surface area (TPSA) is 38.3 Å². The highest BCUT2D eigenvalue weighted by Gasteiger charge is 2.45. The van der Waals surface area contributed by atoms with E-state index < -0.39 is 11.7 Å². The normalized spacial score (nSPS) is 32.4.